The summed E-state index contributed by atoms with van der Waals surface area (Å²) in [6.07, 6.45) is 3.54. The molecule has 5 aliphatic rings. The number of nitrogens with one attached hydrogen (secondary N) is 2. The van der Waals surface area contributed by atoms with Gasteiger partial charge in [-0.25, -0.2) is 19.2 Å². The molecule has 4 bridgehead atoms. The monoisotopic (exact) mass is 770 g/mol. The van der Waals surface area contributed by atoms with Crippen LogP contribution in [0.5, 0.6) is 0 Å². The fourth-order valence-corrected chi connectivity index (χ4v) is 8.66. The van der Waals surface area contributed by atoms with E-state index in [4.69, 9.17) is 30.5 Å². The summed E-state index contributed by atoms with van der Waals surface area (Å²) in [5, 5.41) is 5.81. The number of hydrogen-bond donors (Lipinski definition) is 2. The van der Waals surface area contributed by atoms with Crippen molar-refractivity contribution in [3.05, 3.63) is 59.7 Å². The van der Waals surface area contributed by atoms with Crippen LogP contribution in [0.2, 0.25) is 0 Å². The zero-order valence-corrected chi connectivity index (χ0v) is 31.6. The fourth-order valence-electron chi connectivity index (χ4n) is 8.56. The first kappa shape index (κ1) is 42.6. The lowest BCUT2D eigenvalue weighted by molar-refractivity contribution is 0.0477. The first-order valence-corrected chi connectivity index (χ1v) is 18.8. The Morgan fingerprint density at radius 1 is 0.667 bits per heavy atom. The topological polar surface area (TPSA) is 136 Å². The molecular weight excluding hydrogens is 712 g/mol. The van der Waals surface area contributed by atoms with E-state index in [1.54, 1.807) is 4.90 Å². The smallest absolute Gasteiger partial charge is 0.411 e. The third kappa shape index (κ3) is 9.36. The van der Waals surface area contributed by atoms with E-state index in [0.717, 1.165) is 38.5 Å². The molecule has 2 aromatic rings. The minimum Gasteiger partial charge on any atom is -0.448 e. The summed E-state index contributed by atoms with van der Waals surface area (Å²) in [6.45, 7) is 11.3. The predicted molar refractivity (Wildman–Crippen MR) is 209 cm³/mol. The minimum absolute atomic E-state index is 0. The molecule has 4 fully saturated rings. The van der Waals surface area contributed by atoms with Crippen LogP contribution in [0.4, 0.5) is 19.2 Å². The summed E-state index contributed by atoms with van der Waals surface area (Å²) < 4.78 is 21.4. The molecule has 4 heterocycles. The molecule has 2 aromatic carbocycles. The van der Waals surface area contributed by atoms with E-state index < -0.39 is 29.5 Å². The largest absolute Gasteiger partial charge is 0.448 e. The minimum atomic E-state index is -0.547. The first-order chi connectivity index (χ1) is 24.6. The van der Waals surface area contributed by atoms with Crippen molar-refractivity contribution in [3.8, 4) is 11.1 Å². The Balaban J connectivity index is 0.000000257. The third-order valence-corrected chi connectivity index (χ3v) is 10.5. The van der Waals surface area contributed by atoms with Crippen molar-refractivity contribution in [1.82, 2.24) is 20.4 Å². The Kier molecular flexibility index (Phi) is 13.5. The van der Waals surface area contributed by atoms with E-state index in [1.165, 1.54) is 22.3 Å². The number of alkyl carbamates (subject to hydrolysis) is 2. The summed E-state index contributed by atoms with van der Waals surface area (Å²) in [5.41, 5.74) is 3.76. The zero-order valence-electron chi connectivity index (χ0n) is 30.9. The molecule has 4 unspecified atom stereocenters. The average Bonchev–Trinajstić information content (AvgIpc) is 3.87. The van der Waals surface area contributed by atoms with Gasteiger partial charge in [0, 0.05) is 18.0 Å². The van der Waals surface area contributed by atoms with Gasteiger partial charge in [0.15, 0.2) is 6.07 Å². The molecule has 7 rings (SSSR count). The lowest BCUT2D eigenvalue weighted by Crippen LogP contribution is -2.47. The molecule has 0 aromatic heterocycles. The van der Waals surface area contributed by atoms with Gasteiger partial charge in [0.2, 0.25) is 0 Å². The number of carbonyl (C=O) groups is 4. The Hall–Kier alpha value is -4.19. The highest BCUT2D eigenvalue weighted by Crippen LogP contribution is 2.45. The van der Waals surface area contributed by atoms with Gasteiger partial charge < -0.3 is 39.4 Å². The van der Waals surface area contributed by atoms with E-state index in [0.29, 0.717) is 6.61 Å². The van der Waals surface area contributed by atoms with Gasteiger partial charge in [0.25, 0.3) is 0 Å². The summed E-state index contributed by atoms with van der Waals surface area (Å²) in [5.74, 6) is 0.0438. The van der Waals surface area contributed by atoms with Crippen molar-refractivity contribution in [2.24, 2.45) is 0 Å². The van der Waals surface area contributed by atoms with Gasteiger partial charge in [0.05, 0.1) is 24.2 Å². The van der Waals surface area contributed by atoms with Crippen LogP contribution in [0.25, 0.3) is 11.1 Å². The summed E-state index contributed by atoms with van der Waals surface area (Å²) >= 11 is 5.42. The standard InChI is InChI=1S/C26H30N2O4.C13H21ClN2O4.2CH4/c1-26(2,3)32-24(29)27-22-14-16-12-13-23(22)28(16)25(30)31-15-21-19-10-6-4-8-17(19)18-9-5-7-11-20(18)21;1-13(2,3)20-11(17)15-9-6-8-4-5-10(9)16(8)12(18)19-7-14;;/h4-11,16,21-23H,12-15H2,1-3H3,(H,27,29);8-10H,4-7H2,1-3H3,(H,15,17);2*1H4/t16?,22-,23?;8?,9-,10?;;/m00../s1. The number of rotatable bonds is 5. The number of amides is 4. The van der Waals surface area contributed by atoms with Gasteiger partial charge in [-0.3, -0.25) is 0 Å². The number of fused-ring (bicyclic) bond motifs is 7. The summed E-state index contributed by atoms with van der Waals surface area (Å²) in [6, 6.07) is 16.5. The van der Waals surface area contributed by atoms with Gasteiger partial charge in [0.1, 0.15) is 17.8 Å². The Labute approximate surface area is 325 Å². The maximum atomic E-state index is 13.1. The molecule has 12 nitrogen and oxygen atoms in total. The van der Waals surface area contributed by atoms with E-state index in [9.17, 15) is 19.2 Å². The Morgan fingerprint density at radius 3 is 1.48 bits per heavy atom. The van der Waals surface area contributed by atoms with Crippen molar-refractivity contribution in [2.45, 2.75) is 148 Å². The molecule has 13 heteroatoms. The highest BCUT2D eigenvalue weighted by Gasteiger charge is 2.51. The molecule has 4 aliphatic heterocycles. The van der Waals surface area contributed by atoms with Crippen LogP contribution in [-0.2, 0) is 18.9 Å². The average molecular weight is 771 g/mol. The summed E-state index contributed by atoms with van der Waals surface area (Å²) in [4.78, 5) is 52.5. The quantitative estimate of drug-likeness (QED) is 0.228. The van der Waals surface area contributed by atoms with Crippen LogP contribution >= 0.6 is 11.6 Å². The highest BCUT2D eigenvalue weighted by atomic mass is 35.5. The van der Waals surface area contributed by atoms with Crippen molar-refractivity contribution in [2.75, 3.05) is 12.7 Å². The molecule has 54 heavy (non-hydrogen) atoms. The number of alkyl halides is 1. The summed E-state index contributed by atoms with van der Waals surface area (Å²) in [7, 11) is 0. The van der Waals surface area contributed by atoms with Gasteiger partial charge >= 0.3 is 24.4 Å². The number of carbonyl (C=O) groups excluding carboxylic acids is 4. The van der Waals surface area contributed by atoms with Crippen molar-refractivity contribution < 1.29 is 38.1 Å². The second-order valence-corrected chi connectivity index (χ2v) is 16.4. The van der Waals surface area contributed by atoms with Crippen LogP contribution in [0.1, 0.15) is 112 Å². The van der Waals surface area contributed by atoms with Crippen molar-refractivity contribution >= 4 is 36.0 Å². The van der Waals surface area contributed by atoms with Crippen LogP contribution in [0, 0.1) is 0 Å². The van der Waals surface area contributed by atoms with Gasteiger partial charge in [-0.05, 0) is 102 Å². The first-order valence-electron chi connectivity index (χ1n) is 18.3. The maximum Gasteiger partial charge on any atom is 0.411 e. The van der Waals surface area contributed by atoms with Crippen LogP contribution in [0.15, 0.2) is 48.5 Å². The van der Waals surface area contributed by atoms with E-state index in [2.05, 4.69) is 34.9 Å². The number of nitrogens with zero attached hydrogens (tertiary/aromatic N) is 2. The van der Waals surface area contributed by atoms with E-state index in [-0.39, 0.29) is 69.2 Å². The molecule has 298 valence electrons. The Morgan fingerprint density at radius 2 is 1.07 bits per heavy atom. The second kappa shape index (κ2) is 17.1. The SMILES string of the molecule is C.C.CC(C)(C)OC(=O)N[C@H]1CC2CCC1N2C(=O)OCC1c2ccccc2-c2ccccc21.CC(C)(C)OC(=O)N[C@H]1CC2CCC1N2C(=O)OCCl. The molecule has 0 saturated carbocycles. The predicted octanol–water partition coefficient (Wildman–Crippen LogP) is 8.79. The number of hydrogen-bond acceptors (Lipinski definition) is 8. The normalized spacial score (nSPS) is 24.5. The van der Waals surface area contributed by atoms with E-state index in [1.807, 2.05) is 70.7 Å². The molecule has 0 radical (unpaired) electrons. The van der Waals surface area contributed by atoms with Crippen molar-refractivity contribution in [1.29, 1.82) is 0 Å². The number of halogens is 1. The van der Waals surface area contributed by atoms with Crippen molar-refractivity contribution in [3.63, 3.8) is 0 Å². The van der Waals surface area contributed by atoms with Gasteiger partial charge in [-0.15, -0.1) is 0 Å². The third-order valence-electron chi connectivity index (χ3n) is 10.4. The number of benzene rings is 2. The molecule has 4 amide bonds. The maximum absolute atomic E-state index is 13.1. The van der Waals surface area contributed by atoms with E-state index >= 15 is 0 Å². The number of ether oxygens (including phenoxy) is 4. The van der Waals surface area contributed by atoms with Crippen LogP contribution in [0.3, 0.4) is 0 Å². The molecule has 2 N–H and O–H groups in total. The van der Waals surface area contributed by atoms with Gasteiger partial charge in [-0.2, -0.15) is 0 Å². The van der Waals surface area contributed by atoms with Gasteiger partial charge in [-0.1, -0.05) is 75.0 Å². The molecule has 0 spiro atoms. The molecule has 1 aliphatic carbocycles. The molecule has 4 saturated heterocycles. The molecule has 6 atom stereocenters. The highest BCUT2D eigenvalue weighted by molar-refractivity contribution is 6.17. The fraction of sp³-hybridized carbons (Fsp3) is 0.610. The lowest BCUT2D eigenvalue weighted by atomic mass is 9.96. The Bertz CT molecular complexity index is 1610. The second-order valence-electron chi connectivity index (χ2n) is 16.2. The van der Waals surface area contributed by atoms with Crippen LogP contribution in [-0.4, -0.2) is 94.3 Å². The lowest BCUT2D eigenvalue weighted by Gasteiger charge is -2.26. The zero-order chi connectivity index (χ0) is 37.4. The molecular formula is C41H59ClN4O8. The van der Waals surface area contributed by atoms with Crippen LogP contribution < -0.4 is 10.6 Å².